The van der Waals surface area contributed by atoms with Crippen LogP contribution in [0.5, 0.6) is 11.6 Å². The SMILES string of the molecule is Cc1ccc([C@@H](NS(=O)[O-])c2ccccc2)cc1Oc1ncccc1-c1ccnc(N[C@H]2CCCNC2)n1. The number of rotatable bonds is 9. The molecule has 3 N–H and O–H groups in total. The molecule has 1 aliphatic rings. The fourth-order valence-electron chi connectivity index (χ4n) is 4.48. The third kappa shape index (κ3) is 6.40. The fraction of sp³-hybridized carbons (Fsp3) is 0.250. The Morgan fingerprint density at radius 2 is 1.92 bits per heavy atom. The minimum absolute atomic E-state index is 0.281. The lowest BCUT2D eigenvalue weighted by molar-refractivity contribution is 0.459. The second-order valence-electron chi connectivity index (χ2n) is 9.13. The van der Waals surface area contributed by atoms with Crippen molar-refractivity contribution in [1.82, 2.24) is 25.0 Å². The molecule has 2 aromatic heterocycles. The summed E-state index contributed by atoms with van der Waals surface area (Å²) in [4.78, 5) is 13.6. The molecule has 0 amide bonds. The first-order valence-corrected chi connectivity index (χ1v) is 13.6. The molecule has 3 atom stereocenters. The van der Waals surface area contributed by atoms with Gasteiger partial charge in [-0.1, -0.05) is 42.5 Å². The van der Waals surface area contributed by atoms with Gasteiger partial charge in [-0.2, -0.15) is 0 Å². The number of aromatic nitrogens is 3. The van der Waals surface area contributed by atoms with Crippen molar-refractivity contribution in [3.05, 3.63) is 95.8 Å². The van der Waals surface area contributed by atoms with E-state index in [0.717, 1.165) is 48.2 Å². The number of benzene rings is 2. The Labute approximate surface area is 224 Å². The van der Waals surface area contributed by atoms with Crippen LogP contribution < -0.4 is 20.1 Å². The molecular weight excluding hydrogens is 500 g/mol. The van der Waals surface area contributed by atoms with Gasteiger partial charge in [0.15, 0.2) is 0 Å². The molecule has 0 radical (unpaired) electrons. The van der Waals surface area contributed by atoms with Crippen molar-refractivity contribution in [3.8, 4) is 22.9 Å². The molecule has 1 unspecified atom stereocenters. The number of ether oxygens (including phenoxy) is 1. The molecule has 0 spiro atoms. The lowest BCUT2D eigenvalue weighted by Crippen LogP contribution is -2.38. The zero-order valence-electron chi connectivity index (χ0n) is 21.0. The number of pyridine rings is 1. The summed E-state index contributed by atoms with van der Waals surface area (Å²) in [6, 6.07) is 20.3. The van der Waals surface area contributed by atoms with Gasteiger partial charge in [0, 0.05) is 36.2 Å². The van der Waals surface area contributed by atoms with E-state index >= 15 is 0 Å². The highest BCUT2D eigenvalue weighted by atomic mass is 32.2. The van der Waals surface area contributed by atoms with Crippen molar-refractivity contribution < 1.29 is 13.5 Å². The topological polar surface area (TPSA) is 124 Å². The van der Waals surface area contributed by atoms with E-state index in [4.69, 9.17) is 9.72 Å². The van der Waals surface area contributed by atoms with Crippen LogP contribution in [-0.2, 0) is 11.3 Å². The van der Waals surface area contributed by atoms with Gasteiger partial charge in [-0.15, -0.1) is 0 Å². The molecule has 196 valence electrons. The fourth-order valence-corrected chi connectivity index (χ4v) is 4.95. The summed E-state index contributed by atoms with van der Waals surface area (Å²) in [6.45, 7) is 3.85. The van der Waals surface area contributed by atoms with E-state index in [1.165, 1.54) is 0 Å². The summed E-state index contributed by atoms with van der Waals surface area (Å²) in [5.74, 6) is 1.53. The number of anilines is 1. The Balaban J connectivity index is 1.44. The molecule has 38 heavy (non-hydrogen) atoms. The first kappa shape index (κ1) is 25.9. The first-order valence-electron chi connectivity index (χ1n) is 12.5. The Kier molecular flexibility index (Phi) is 8.34. The van der Waals surface area contributed by atoms with Gasteiger partial charge < -0.3 is 19.9 Å². The Hall–Kier alpha value is -3.70. The summed E-state index contributed by atoms with van der Waals surface area (Å²) in [5.41, 5.74) is 3.86. The summed E-state index contributed by atoms with van der Waals surface area (Å²) in [6.07, 6.45) is 5.57. The predicted molar refractivity (Wildman–Crippen MR) is 146 cm³/mol. The van der Waals surface area contributed by atoms with Gasteiger partial charge in [0.25, 0.3) is 0 Å². The normalized spacial score (nSPS) is 16.9. The van der Waals surface area contributed by atoms with E-state index in [-0.39, 0.29) is 6.04 Å². The predicted octanol–water partition coefficient (Wildman–Crippen LogP) is 4.28. The lowest BCUT2D eigenvalue weighted by atomic mass is 9.98. The van der Waals surface area contributed by atoms with Crippen LogP contribution in [0.1, 0.15) is 35.6 Å². The summed E-state index contributed by atoms with van der Waals surface area (Å²) in [5, 5.41) is 6.81. The van der Waals surface area contributed by atoms with Crippen molar-refractivity contribution in [1.29, 1.82) is 0 Å². The molecule has 9 nitrogen and oxygen atoms in total. The van der Waals surface area contributed by atoms with Crippen LogP contribution >= 0.6 is 0 Å². The quantitative estimate of drug-likeness (QED) is 0.275. The number of hydrogen-bond acceptors (Lipinski definition) is 8. The number of hydrogen-bond donors (Lipinski definition) is 3. The van der Waals surface area contributed by atoms with Crippen LogP contribution in [0.2, 0.25) is 0 Å². The lowest BCUT2D eigenvalue weighted by Gasteiger charge is -2.23. The third-order valence-electron chi connectivity index (χ3n) is 6.43. The summed E-state index contributed by atoms with van der Waals surface area (Å²) in [7, 11) is 0. The van der Waals surface area contributed by atoms with Crippen LogP contribution in [0.25, 0.3) is 11.3 Å². The van der Waals surface area contributed by atoms with Crippen LogP contribution in [0.15, 0.2) is 79.1 Å². The molecule has 0 bridgehead atoms. The molecule has 0 aliphatic carbocycles. The summed E-state index contributed by atoms with van der Waals surface area (Å²) >= 11 is -2.46. The average Bonchev–Trinajstić information content (AvgIpc) is 2.94. The van der Waals surface area contributed by atoms with Crippen LogP contribution in [0.3, 0.4) is 0 Å². The Morgan fingerprint density at radius 1 is 1.05 bits per heavy atom. The largest absolute Gasteiger partial charge is 0.760 e. The maximum absolute atomic E-state index is 11.6. The van der Waals surface area contributed by atoms with E-state index in [2.05, 4.69) is 25.3 Å². The maximum Gasteiger partial charge on any atom is 0.228 e. The first-order chi connectivity index (χ1) is 18.6. The number of nitrogens with one attached hydrogen (secondary N) is 3. The molecule has 4 aromatic rings. The summed E-state index contributed by atoms with van der Waals surface area (Å²) < 4.78 is 32.1. The molecular formula is C28H29N6O3S-. The van der Waals surface area contributed by atoms with Crippen LogP contribution in [-0.4, -0.2) is 42.8 Å². The van der Waals surface area contributed by atoms with Crippen molar-refractivity contribution in [2.75, 3.05) is 18.4 Å². The molecule has 10 heteroatoms. The zero-order chi connectivity index (χ0) is 26.3. The second-order valence-corrected chi connectivity index (χ2v) is 9.84. The Morgan fingerprint density at radius 3 is 2.71 bits per heavy atom. The van der Waals surface area contributed by atoms with Crippen LogP contribution in [0, 0.1) is 6.92 Å². The van der Waals surface area contributed by atoms with E-state index in [1.54, 1.807) is 12.4 Å². The molecule has 5 rings (SSSR count). The Bertz CT molecular complexity index is 1400. The molecule has 1 fully saturated rings. The van der Waals surface area contributed by atoms with Gasteiger partial charge in [0.1, 0.15) is 5.75 Å². The van der Waals surface area contributed by atoms with Crippen molar-refractivity contribution in [3.63, 3.8) is 0 Å². The highest BCUT2D eigenvalue weighted by Crippen LogP contribution is 2.34. The smallest absolute Gasteiger partial charge is 0.228 e. The van der Waals surface area contributed by atoms with E-state index in [1.807, 2.05) is 73.7 Å². The van der Waals surface area contributed by atoms with Gasteiger partial charge in [0.05, 0.1) is 17.3 Å². The molecule has 0 saturated carbocycles. The maximum atomic E-state index is 11.6. The van der Waals surface area contributed by atoms with E-state index in [0.29, 0.717) is 23.3 Å². The van der Waals surface area contributed by atoms with Gasteiger partial charge in [-0.05, 0) is 67.3 Å². The van der Waals surface area contributed by atoms with Crippen molar-refractivity contribution in [2.24, 2.45) is 0 Å². The van der Waals surface area contributed by atoms with Gasteiger partial charge in [-0.25, -0.2) is 19.7 Å². The van der Waals surface area contributed by atoms with Crippen LogP contribution in [0.4, 0.5) is 5.95 Å². The second kappa shape index (κ2) is 12.2. The molecule has 1 saturated heterocycles. The molecule has 3 heterocycles. The highest BCUT2D eigenvalue weighted by molar-refractivity contribution is 7.77. The van der Waals surface area contributed by atoms with Crippen molar-refractivity contribution >= 4 is 17.2 Å². The minimum Gasteiger partial charge on any atom is -0.760 e. The number of aryl methyl sites for hydroxylation is 1. The molecule has 1 aliphatic heterocycles. The minimum atomic E-state index is -2.46. The highest BCUT2D eigenvalue weighted by Gasteiger charge is 2.18. The monoisotopic (exact) mass is 529 g/mol. The standard InChI is InChI=1S/C28H30N6O3S/c1-19-11-12-21(26(34-38(35)36)20-7-3-2-4-8-20)17-25(19)37-27-23(10-6-15-30-27)24-13-16-31-28(33-24)32-22-9-5-14-29-18-22/h2-4,6-8,10-13,15-17,22,26,29,34H,5,9,14,18H2,1H3,(H,35,36)(H,31,32,33)/p-1/t22-,26-/m0/s1. The zero-order valence-corrected chi connectivity index (χ0v) is 21.8. The number of piperidine rings is 1. The third-order valence-corrected chi connectivity index (χ3v) is 6.86. The van der Waals surface area contributed by atoms with Gasteiger partial charge >= 0.3 is 0 Å². The molecule has 2 aromatic carbocycles. The van der Waals surface area contributed by atoms with E-state index in [9.17, 15) is 8.76 Å². The van der Waals surface area contributed by atoms with E-state index < -0.39 is 17.3 Å². The van der Waals surface area contributed by atoms with Gasteiger partial charge in [-0.3, -0.25) is 4.21 Å². The van der Waals surface area contributed by atoms with Crippen molar-refractivity contribution in [2.45, 2.75) is 31.8 Å². The van der Waals surface area contributed by atoms with Gasteiger partial charge in [0.2, 0.25) is 11.8 Å². The number of nitrogens with zero attached hydrogens (tertiary/aromatic N) is 3. The average molecular weight is 530 g/mol.